The number of H-pyrrole nitrogens is 1. The third kappa shape index (κ3) is 3.11. The van der Waals surface area contributed by atoms with Crippen LogP contribution in [0, 0.1) is 11.7 Å². The fourth-order valence-electron chi connectivity index (χ4n) is 3.79. The summed E-state index contributed by atoms with van der Waals surface area (Å²) in [5.41, 5.74) is 3.77. The zero-order valence-electron chi connectivity index (χ0n) is 15.6. The maximum absolute atomic E-state index is 14.1. The second-order valence-corrected chi connectivity index (χ2v) is 6.72. The molecule has 2 aromatic carbocycles. The van der Waals surface area contributed by atoms with Crippen molar-refractivity contribution in [2.45, 2.75) is 19.8 Å². The summed E-state index contributed by atoms with van der Waals surface area (Å²) in [6.07, 6.45) is 0. The number of ether oxygens (including phenoxy) is 1. The summed E-state index contributed by atoms with van der Waals surface area (Å²) in [5.74, 6) is -1.30. The molecule has 0 radical (unpaired) electrons. The molecule has 28 heavy (non-hydrogen) atoms. The van der Waals surface area contributed by atoms with Crippen LogP contribution in [0.25, 0.3) is 11.3 Å². The Morgan fingerprint density at radius 1 is 1.18 bits per heavy atom. The number of carbonyl (C=O) groups is 1. The number of nitrogens with zero attached hydrogens (tertiary/aromatic N) is 2. The number of carbonyl (C=O) groups excluding carboxylic acids is 1. The molecular weight excluding hydrogens is 357 g/mol. The molecule has 4 rings (SSSR count). The molecule has 0 bridgehead atoms. The van der Waals surface area contributed by atoms with Gasteiger partial charge in [0.1, 0.15) is 11.7 Å². The van der Waals surface area contributed by atoms with E-state index in [1.54, 1.807) is 19.9 Å². The topological polar surface area (TPSA) is 67.3 Å². The molecule has 0 saturated carbocycles. The minimum Gasteiger partial charge on any atom is -0.465 e. The summed E-state index contributed by atoms with van der Waals surface area (Å²) in [7, 11) is 0. The number of aromatic amines is 1. The average Bonchev–Trinajstić information content (AvgIpc) is 3.11. The second kappa shape index (κ2) is 7.38. The smallest absolute Gasteiger partial charge is 0.315 e. The van der Waals surface area contributed by atoms with E-state index in [9.17, 15) is 9.18 Å². The Bertz CT molecular complexity index is 1040. The fraction of sp³-hybridized carbons (Fsp3) is 0.227. The molecule has 0 saturated heterocycles. The Morgan fingerprint density at radius 2 is 1.96 bits per heavy atom. The van der Waals surface area contributed by atoms with Crippen LogP contribution in [-0.2, 0) is 9.53 Å². The molecule has 5 nitrogen and oxygen atoms in total. The normalized spacial score (nSPS) is 18.3. The van der Waals surface area contributed by atoms with Crippen LogP contribution in [0.15, 0.2) is 59.6 Å². The first kappa shape index (κ1) is 18.1. The van der Waals surface area contributed by atoms with Crippen molar-refractivity contribution < 1.29 is 13.9 Å². The van der Waals surface area contributed by atoms with Gasteiger partial charge in [0, 0.05) is 17.2 Å². The predicted octanol–water partition coefficient (Wildman–Crippen LogP) is 4.63. The van der Waals surface area contributed by atoms with E-state index in [1.807, 2.05) is 36.4 Å². The number of hydrogen-bond acceptors (Lipinski definition) is 4. The van der Waals surface area contributed by atoms with Crippen LogP contribution < -0.4 is 0 Å². The third-order valence-corrected chi connectivity index (χ3v) is 4.97. The molecule has 2 unspecified atom stereocenters. The lowest BCUT2D eigenvalue weighted by molar-refractivity contribution is -0.146. The highest BCUT2D eigenvalue weighted by Crippen LogP contribution is 2.46. The fourth-order valence-corrected chi connectivity index (χ4v) is 3.79. The van der Waals surface area contributed by atoms with E-state index in [-0.39, 0.29) is 18.4 Å². The van der Waals surface area contributed by atoms with Gasteiger partial charge in [-0.2, -0.15) is 5.10 Å². The maximum atomic E-state index is 14.1. The molecule has 0 amide bonds. The number of benzene rings is 2. The maximum Gasteiger partial charge on any atom is 0.315 e. The van der Waals surface area contributed by atoms with Gasteiger partial charge < -0.3 is 4.74 Å². The Hall–Kier alpha value is -3.28. The lowest BCUT2D eigenvalue weighted by Crippen LogP contribution is -2.33. The van der Waals surface area contributed by atoms with Gasteiger partial charge in [-0.05, 0) is 37.1 Å². The van der Waals surface area contributed by atoms with Crippen LogP contribution in [0.5, 0.6) is 0 Å². The molecule has 6 heteroatoms. The molecule has 0 aliphatic carbocycles. The van der Waals surface area contributed by atoms with Gasteiger partial charge in [0.25, 0.3) is 0 Å². The lowest BCUT2D eigenvalue weighted by Gasteiger charge is -2.29. The van der Waals surface area contributed by atoms with Crippen LogP contribution in [0.3, 0.4) is 0 Å². The quantitative estimate of drug-likeness (QED) is 0.674. The van der Waals surface area contributed by atoms with Crippen molar-refractivity contribution >= 4 is 17.5 Å². The van der Waals surface area contributed by atoms with Gasteiger partial charge in [-0.25, -0.2) is 9.38 Å². The minimum atomic E-state index is -0.644. The Morgan fingerprint density at radius 3 is 2.68 bits per heavy atom. The van der Waals surface area contributed by atoms with E-state index in [0.717, 1.165) is 16.8 Å². The van der Waals surface area contributed by atoms with Crippen LogP contribution in [-0.4, -0.2) is 28.5 Å². The van der Waals surface area contributed by atoms with Crippen molar-refractivity contribution in [3.8, 4) is 11.3 Å². The summed E-state index contributed by atoms with van der Waals surface area (Å²) in [6.45, 7) is 3.82. The number of rotatable bonds is 4. The zero-order chi connectivity index (χ0) is 19.7. The Kier molecular flexibility index (Phi) is 4.77. The van der Waals surface area contributed by atoms with E-state index in [4.69, 9.17) is 4.74 Å². The molecule has 1 aromatic heterocycles. The third-order valence-electron chi connectivity index (χ3n) is 4.97. The second-order valence-electron chi connectivity index (χ2n) is 6.72. The van der Waals surface area contributed by atoms with Crippen LogP contribution in [0.1, 0.15) is 30.9 Å². The summed E-state index contributed by atoms with van der Waals surface area (Å²) < 4.78 is 19.4. The van der Waals surface area contributed by atoms with E-state index >= 15 is 0 Å². The van der Waals surface area contributed by atoms with Crippen molar-refractivity contribution in [1.29, 1.82) is 0 Å². The summed E-state index contributed by atoms with van der Waals surface area (Å²) in [6, 6.07) is 16.0. The van der Waals surface area contributed by atoms with Crippen LogP contribution in [0.4, 0.5) is 10.2 Å². The van der Waals surface area contributed by atoms with E-state index in [1.165, 1.54) is 12.1 Å². The number of fused-ring (bicyclic) bond motifs is 1. The number of nitrogens with one attached hydrogen (secondary N) is 1. The highest BCUT2D eigenvalue weighted by molar-refractivity contribution is 6.05. The first-order chi connectivity index (χ1) is 13.6. The van der Waals surface area contributed by atoms with Gasteiger partial charge in [0.15, 0.2) is 5.82 Å². The molecular formula is C22H20FN3O2. The van der Waals surface area contributed by atoms with Crippen LogP contribution >= 0.6 is 0 Å². The van der Waals surface area contributed by atoms with Crippen LogP contribution in [0.2, 0.25) is 0 Å². The van der Waals surface area contributed by atoms with Gasteiger partial charge in [0.05, 0.1) is 12.3 Å². The summed E-state index contributed by atoms with van der Waals surface area (Å²) in [5, 5.41) is 7.42. The molecule has 3 aromatic rings. The summed E-state index contributed by atoms with van der Waals surface area (Å²) in [4.78, 5) is 17.4. The monoisotopic (exact) mass is 377 g/mol. The van der Waals surface area contributed by atoms with Gasteiger partial charge in [-0.15, -0.1) is 0 Å². The van der Waals surface area contributed by atoms with E-state index in [2.05, 4.69) is 15.2 Å². The minimum absolute atomic E-state index is 0.266. The molecule has 142 valence electrons. The van der Waals surface area contributed by atoms with Gasteiger partial charge in [0.2, 0.25) is 0 Å². The van der Waals surface area contributed by atoms with Gasteiger partial charge >= 0.3 is 5.97 Å². The predicted molar refractivity (Wildman–Crippen MR) is 105 cm³/mol. The molecule has 1 aliphatic rings. The largest absolute Gasteiger partial charge is 0.465 e. The molecule has 2 heterocycles. The number of hydrogen-bond donors (Lipinski definition) is 1. The van der Waals surface area contributed by atoms with Crippen molar-refractivity contribution in [3.05, 3.63) is 71.5 Å². The number of aliphatic imine (C=N–C) groups is 1. The number of esters is 1. The highest BCUT2D eigenvalue weighted by atomic mass is 19.1. The van der Waals surface area contributed by atoms with Gasteiger partial charge in [-0.3, -0.25) is 9.89 Å². The zero-order valence-corrected chi connectivity index (χ0v) is 15.6. The first-order valence-corrected chi connectivity index (χ1v) is 9.21. The van der Waals surface area contributed by atoms with Crippen molar-refractivity contribution in [1.82, 2.24) is 10.2 Å². The molecule has 0 spiro atoms. The van der Waals surface area contributed by atoms with Crippen molar-refractivity contribution in [2.75, 3.05) is 6.61 Å². The number of aromatic nitrogens is 2. The van der Waals surface area contributed by atoms with Crippen molar-refractivity contribution in [2.24, 2.45) is 10.9 Å². The lowest BCUT2D eigenvalue weighted by atomic mass is 9.76. The Labute approximate surface area is 162 Å². The van der Waals surface area contributed by atoms with E-state index < -0.39 is 11.8 Å². The van der Waals surface area contributed by atoms with Gasteiger partial charge in [-0.1, -0.05) is 42.5 Å². The molecule has 1 aliphatic heterocycles. The molecule has 2 atom stereocenters. The Balaban J connectivity index is 1.94. The average molecular weight is 377 g/mol. The molecule has 1 N–H and O–H groups in total. The molecule has 0 fully saturated rings. The van der Waals surface area contributed by atoms with Crippen molar-refractivity contribution in [3.63, 3.8) is 0 Å². The van der Waals surface area contributed by atoms with E-state index in [0.29, 0.717) is 17.1 Å². The number of halogens is 1. The SMILES string of the molecule is CCOC(=O)C1C(C)=Nc2n[nH]c(-c3ccccc3)c2C1c1cccc(F)c1. The first-order valence-electron chi connectivity index (χ1n) is 9.21. The standard InChI is InChI=1S/C22H20FN3O2/c1-3-28-22(27)17-13(2)24-21-19(18(17)15-10-7-11-16(23)12-15)20(25-26-21)14-8-5-4-6-9-14/h4-12,17-18H,3H2,1-2H3,(H,25,26). The highest BCUT2D eigenvalue weighted by Gasteiger charge is 2.41. The summed E-state index contributed by atoms with van der Waals surface area (Å²) >= 11 is 0.